The van der Waals surface area contributed by atoms with Crippen LogP contribution in [-0.4, -0.2) is 38.3 Å². The van der Waals surface area contributed by atoms with Gasteiger partial charge in [0, 0.05) is 22.6 Å². The van der Waals surface area contributed by atoms with Crippen molar-refractivity contribution in [2.45, 2.75) is 32.6 Å². The van der Waals surface area contributed by atoms with Gasteiger partial charge in [0.25, 0.3) is 15.9 Å². The van der Waals surface area contributed by atoms with Crippen LogP contribution in [0.1, 0.15) is 29.4 Å². The molecule has 0 saturated heterocycles. The van der Waals surface area contributed by atoms with Gasteiger partial charge >= 0.3 is 0 Å². The van der Waals surface area contributed by atoms with Gasteiger partial charge in [0.15, 0.2) is 0 Å². The normalized spacial score (nSPS) is 11.5. The highest BCUT2D eigenvalue weighted by molar-refractivity contribution is 7.92. The lowest BCUT2D eigenvalue weighted by molar-refractivity contribution is -0.119. The summed E-state index contributed by atoms with van der Waals surface area (Å²) in [6.45, 7) is 7.75. The molecular weight excluding hydrogens is 512 g/mol. The summed E-state index contributed by atoms with van der Waals surface area (Å²) in [6.07, 6.45) is 1.56. The zero-order valence-electron chi connectivity index (χ0n) is 22.5. The third kappa shape index (κ3) is 6.38. The minimum atomic E-state index is -4.03. The van der Waals surface area contributed by atoms with Crippen LogP contribution in [0.15, 0.2) is 94.9 Å². The molecule has 0 saturated carbocycles. The first-order valence-corrected chi connectivity index (χ1v) is 14.0. The van der Waals surface area contributed by atoms with Crippen LogP contribution < -0.4 is 14.5 Å². The van der Waals surface area contributed by atoms with Crippen LogP contribution in [0, 0.1) is 20.8 Å². The number of carbonyl (C=O) groups is 1. The van der Waals surface area contributed by atoms with Crippen LogP contribution in [0.4, 0.5) is 5.69 Å². The quantitative estimate of drug-likeness (QED) is 0.221. The lowest BCUT2D eigenvalue weighted by atomic mass is 10.2. The second kappa shape index (κ2) is 12.0. The fourth-order valence-corrected chi connectivity index (χ4v) is 5.68. The van der Waals surface area contributed by atoms with Crippen molar-refractivity contribution in [2.75, 3.05) is 17.5 Å². The monoisotopic (exact) mass is 544 g/mol. The fraction of sp³-hybridized carbons (Fsp3) is 0.200. The van der Waals surface area contributed by atoms with Gasteiger partial charge in [-0.15, -0.1) is 0 Å². The Morgan fingerprint density at radius 3 is 2.28 bits per heavy atom. The third-order valence-electron chi connectivity index (χ3n) is 6.21. The second-order valence-corrected chi connectivity index (χ2v) is 10.9. The molecule has 0 fully saturated rings. The molecule has 0 aliphatic rings. The van der Waals surface area contributed by atoms with Gasteiger partial charge in [0.1, 0.15) is 12.3 Å². The number of hydrogen-bond donors (Lipinski definition) is 1. The molecule has 0 radical (unpaired) electrons. The van der Waals surface area contributed by atoms with Crippen molar-refractivity contribution >= 4 is 27.8 Å². The zero-order chi connectivity index (χ0) is 28.0. The van der Waals surface area contributed by atoms with Crippen molar-refractivity contribution in [2.24, 2.45) is 5.10 Å². The van der Waals surface area contributed by atoms with E-state index >= 15 is 0 Å². The van der Waals surface area contributed by atoms with Gasteiger partial charge in [-0.1, -0.05) is 35.9 Å². The Balaban J connectivity index is 1.55. The van der Waals surface area contributed by atoms with Gasteiger partial charge in [-0.25, -0.2) is 13.8 Å². The number of carbonyl (C=O) groups excluding carboxylic acids is 1. The Bertz CT molecular complexity index is 1560. The molecule has 39 heavy (non-hydrogen) atoms. The van der Waals surface area contributed by atoms with Crippen LogP contribution in [0.3, 0.4) is 0 Å². The van der Waals surface area contributed by atoms with Crippen LogP contribution in [0.2, 0.25) is 0 Å². The third-order valence-corrected chi connectivity index (χ3v) is 8.00. The number of anilines is 1. The highest BCUT2D eigenvalue weighted by atomic mass is 32.2. The molecule has 0 aliphatic heterocycles. The maximum absolute atomic E-state index is 13.6. The van der Waals surface area contributed by atoms with Crippen LogP contribution in [-0.2, 0) is 14.8 Å². The van der Waals surface area contributed by atoms with Gasteiger partial charge in [-0.2, -0.15) is 5.10 Å². The molecule has 3 aromatic carbocycles. The van der Waals surface area contributed by atoms with Gasteiger partial charge in [-0.3, -0.25) is 9.10 Å². The smallest absolute Gasteiger partial charge is 0.264 e. The van der Waals surface area contributed by atoms with Gasteiger partial charge < -0.3 is 9.30 Å². The summed E-state index contributed by atoms with van der Waals surface area (Å²) in [5, 5.41) is 4.12. The Kier molecular flexibility index (Phi) is 8.51. The minimum Gasteiger partial charge on any atom is -0.494 e. The van der Waals surface area contributed by atoms with Gasteiger partial charge in [-0.05, 0) is 82.3 Å². The summed E-state index contributed by atoms with van der Waals surface area (Å²) < 4.78 is 35.8. The average molecular weight is 545 g/mol. The Hall–Kier alpha value is -4.37. The molecule has 4 aromatic rings. The first-order chi connectivity index (χ1) is 18.7. The van der Waals surface area contributed by atoms with Crippen molar-refractivity contribution in [1.29, 1.82) is 0 Å². The molecule has 1 amide bonds. The molecule has 0 bridgehead atoms. The summed E-state index contributed by atoms with van der Waals surface area (Å²) in [5.41, 5.74) is 7.61. The number of aryl methyl sites for hydroxylation is 2. The predicted molar refractivity (Wildman–Crippen MR) is 154 cm³/mol. The summed E-state index contributed by atoms with van der Waals surface area (Å²) >= 11 is 0. The van der Waals surface area contributed by atoms with Crippen molar-refractivity contribution in [3.05, 3.63) is 107 Å². The minimum absolute atomic E-state index is 0.0895. The van der Waals surface area contributed by atoms with E-state index in [0.29, 0.717) is 18.0 Å². The first-order valence-electron chi connectivity index (χ1n) is 12.6. The van der Waals surface area contributed by atoms with Crippen LogP contribution in [0.25, 0.3) is 5.69 Å². The molecule has 4 rings (SSSR count). The van der Waals surface area contributed by atoms with E-state index in [1.807, 2.05) is 64.1 Å². The number of hydrazone groups is 1. The number of para-hydroxylation sites is 1. The largest absolute Gasteiger partial charge is 0.494 e. The highest BCUT2D eigenvalue weighted by Gasteiger charge is 2.27. The van der Waals surface area contributed by atoms with E-state index in [1.54, 1.807) is 42.6 Å². The maximum Gasteiger partial charge on any atom is 0.264 e. The molecule has 0 aliphatic carbocycles. The number of hydrogen-bond acceptors (Lipinski definition) is 5. The standard InChI is InChI=1S/C30H32N4O4S/c1-5-38-28-15-13-26(14-16-28)33(39(36,37)29-17-11-22(2)12-18-29)21-30(35)32-31-20-25-19-23(3)34(24(25)4)27-9-7-6-8-10-27/h6-20H,5,21H2,1-4H3,(H,32,35)/b31-20-. The lowest BCUT2D eigenvalue weighted by Gasteiger charge is -2.24. The average Bonchev–Trinajstić information content (AvgIpc) is 3.21. The number of rotatable bonds is 10. The van der Waals surface area contributed by atoms with E-state index in [2.05, 4.69) is 15.1 Å². The Morgan fingerprint density at radius 1 is 0.974 bits per heavy atom. The second-order valence-electron chi connectivity index (χ2n) is 9.04. The molecule has 9 heteroatoms. The molecule has 1 aromatic heterocycles. The van der Waals surface area contributed by atoms with Crippen molar-refractivity contribution in [1.82, 2.24) is 9.99 Å². The zero-order valence-corrected chi connectivity index (χ0v) is 23.3. The summed E-state index contributed by atoms with van der Waals surface area (Å²) in [4.78, 5) is 13.0. The molecule has 0 atom stereocenters. The molecule has 0 spiro atoms. The summed E-state index contributed by atoms with van der Waals surface area (Å²) in [6, 6.07) is 25.0. The molecule has 202 valence electrons. The van der Waals surface area contributed by atoms with Crippen LogP contribution in [0.5, 0.6) is 5.75 Å². The SMILES string of the molecule is CCOc1ccc(N(CC(=O)N/N=C\c2cc(C)n(-c3ccccc3)c2C)S(=O)(=O)c2ccc(C)cc2)cc1. The Morgan fingerprint density at radius 2 is 1.64 bits per heavy atom. The predicted octanol–water partition coefficient (Wildman–Crippen LogP) is 5.15. The molecule has 0 unspecified atom stereocenters. The number of nitrogens with one attached hydrogen (secondary N) is 1. The van der Waals surface area contributed by atoms with Gasteiger partial charge in [0.2, 0.25) is 0 Å². The molecule has 1 heterocycles. The molecule has 8 nitrogen and oxygen atoms in total. The van der Waals surface area contributed by atoms with E-state index in [-0.39, 0.29) is 4.90 Å². The van der Waals surface area contributed by atoms with Crippen LogP contribution >= 0.6 is 0 Å². The number of nitrogens with zero attached hydrogens (tertiary/aromatic N) is 3. The number of sulfonamides is 1. The topological polar surface area (TPSA) is 93.0 Å². The van der Waals surface area contributed by atoms with E-state index < -0.39 is 22.5 Å². The van der Waals surface area contributed by atoms with Crippen molar-refractivity contribution in [3.8, 4) is 11.4 Å². The molecule has 1 N–H and O–H groups in total. The fourth-order valence-electron chi connectivity index (χ4n) is 4.26. The van der Waals surface area contributed by atoms with E-state index in [9.17, 15) is 13.2 Å². The Labute approximate surface area is 229 Å². The highest BCUT2D eigenvalue weighted by Crippen LogP contribution is 2.26. The maximum atomic E-state index is 13.6. The number of ether oxygens (including phenoxy) is 1. The number of amides is 1. The first kappa shape index (κ1) is 27.7. The van der Waals surface area contributed by atoms with Gasteiger partial charge in [0.05, 0.1) is 23.4 Å². The lowest BCUT2D eigenvalue weighted by Crippen LogP contribution is -2.39. The summed E-state index contributed by atoms with van der Waals surface area (Å²) in [5.74, 6) is 0.0313. The van der Waals surface area contributed by atoms with E-state index in [1.165, 1.54) is 12.1 Å². The molecular formula is C30H32N4O4S. The van der Waals surface area contributed by atoms with Crippen molar-refractivity contribution < 1.29 is 17.9 Å². The van der Waals surface area contributed by atoms with E-state index in [4.69, 9.17) is 4.74 Å². The van der Waals surface area contributed by atoms with Crippen molar-refractivity contribution in [3.63, 3.8) is 0 Å². The number of benzene rings is 3. The number of aromatic nitrogens is 1. The summed E-state index contributed by atoms with van der Waals surface area (Å²) in [7, 11) is -4.03. The van der Waals surface area contributed by atoms with E-state index in [0.717, 1.165) is 32.5 Å².